The number of hydrogen-bond acceptors (Lipinski definition) is 6. The summed E-state index contributed by atoms with van der Waals surface area (Å²) in [5, 5.41) is 12.1. The number of anilines is 1. The van der Waals surface area contributed by atoms with E-state index < -0.39 is 0 Å². The van der Waals surface area contributed by atoms with Gasteiger partial charge in [0.1, 0.15) is 11.8 Å². The average molecular weight is 458 g/mol. The van der Waals surface area contributed by atoms with E-state index in [0.717, 1.165) is 53.2 Å². The zero-order chi connectivity index (χ0) is 22.6. The molecule has 3 heterocycles. The predicted octanol–water partition coefficient (Wildman–Crippen LogP) is 5.17. The van der Waals surface area contributed by atoms with Gasteiger partial charge in [-0.05, 0) is 54.3 Å². The first-order valence-corrected chi connectivity index (χ1v) is 12.2. The summed E-state index contributed by atoms with van der Waals surface area (Å²) in [5.41, 5.74) is 6.09. The molecule has 1 aliphatic rings. The highest BCUT2D eigenvalue weighted by Crippen LogP contribution is 2.29. The van der Waals surface area contributed by atoms with Gasteiger partial charge in [-0.15, -0.1) is 11.8 Å². The highest BCUT2D eigenvalue weighted by molar-refractivity contribution is 7.98. The molecule has 0 radical (unpaired) electrons. The van der Waals surface area contributed by atoms with Crippen LogP contribution in [0, 0.1) is 0 Å². The Kier molecular flexibility index (Phi) is 6.44. The Morgan fingerprint density at radius 2 is 2.00 bits per heavy atom. The van der Waals surface area contributed by atoms with Gasteiger partial charge in [0.2, 0.25) is 0 Å². The minimum atomic E-state index is -0.0658. The molecule has 1 fully saturated rings. The molecule has 5 rings (SSSR count). The SMILES string of the molecule is C=C(Nc1ccc2[nH]nc(-c3ccncc3)c2c1)C1CN(Cc2ccc(SC)cc2)CCO1. The summed E-state index contributed by atoms with van der Waals surface area (Å²) in [6, 6.07) is 18.9. The number of rotatable bonds is 7. The van der Waals surface area contributed by atoms with Crippen molar-refractivity contribution in [1.29, 1.82) is 0 Å². The third-order valence-electron chi connectivity index (χ3n) is 5.93. The first-order valence-electron chi connectivity index (χ1n) is 11.0. The number of pyridine rings is 1. The summed E-state index contributed by atoms with van der Waals surface area (Å²) >= 11 is 1.77. The van der Waals surface area contributed by atoms with Crippen LogP contribution in [0.2, 0.25) is 0 Å². The maximum absolute atomic E-state index is 6.05. The third kappa shape index (κ3) is 4.95. The molecule has 0 saturated carbocycles. The minimum Gasteiger partial charge on any atom is -0.369 e. The number of nitrogens with zero attached hydrogens (tertiary/aromatic N) is 3. The van der Waals surface area contributed by atoms with Gasteiger partial charge in [0.15, 0.2) is 0 Å². The van der Waals surface area contributed by atoms with E-state index in [2.05, 4.69) is 68.6 Å². The number of aromatic nitrogens is 3. The molecule has 1 atom stereocenters. The van der Waals surface area contributed by atoms with Crippen LogP contribution < -0.4 is 5.32 Å². The molecule has 1 aliphatic heterocycles. The molecule has 1 saturated heterocycles. The van der Waals surface area contributed by atoms with Crippen LogP contribution in [0.4, 0.5) is 5.69 Å². The van der Waals surface area contributed by atoms with Gasteiger partial charge in [-0.3, -0.25) is 15.0 Å². The first kappa shape index (κ1) is 21.7. The van der Waals surface area contributed by atoms with Gasteiger partial charge < -0.3 is 10.1 Å². The van der Waals surface area contributed by atoms with Gasteiger partial charge in [0.05, 0.1) is 12.1 Å². The topological polar surface area (TPSA) is 66.1 Å². The lowest BCUT2D eigenvalue weighted by atomic mass is 10.1. The van der Waals surface area contributed by atoms with E-state index in [-0.39, 0.29) is 6.10 Å². The van der Waals surface area contributed by atoms with E-state index in [1.807, 2.05) is 24.3 Å². The normalized spacial score (nSPS) is 16.7. The number of fused-ring (bicyclic) bond motifs is 1. The van der Waals surface area contributed by atoms with E-state index >= 15 is 0 Å². The average Bonchev–Trinajstić information content (AvgIpc) is 3.28. The molecule has 0 bridgehead atoms. The second-order valence-corrected chi connectivity index (χ2v) is 9.04. The van der Waals surface area contributed by atoms with Crippen LogP contribution in [-0.2, 0) is 11.3 Å². The highest BCUT2D eigenvalue weighted by Gasteiger charge is 2.23. The molecular weight excluding hydrogens is 430 g/mol. The van der Waals surface area contributed by atoms with E-state index in [1.165, 1.54) is 10.5 Å². The van der Waals surface area contributed by atoms with Crippen molar-refractivity contribution in [2.24, 2.45) is 0 Å². The van der Waals surface area contributed by atoms with Crippen LogP contribution in [0.1, 0.15) is 5.56 Å². The monoisotopic (exact) mass is 457 g/mol. The zero-order valence-corrected chi connectivity index (χ0v) is 19.4. The number of hydrogen-bond donors (Lipinski definition) is 2. The molecule has 0 spiro atoms. The van der Waals surface area contributed by atoms with Crippen LogP contribution in [-0.4, -0.2) is 52.1 Å². The van der Waals surface area contributed by atoms with Crippen molar-refractivity contribution >= 4 is 28.4 Å². The van der Waals surface area contributed by atoms with Gasteiger partial charge in [0, 0.05) is 59.3 Å². The largest absolute Gasteiger partial charge is 0.369 e. The summed E-state index contributed by atoms with van der Waals surface area (Å²) in [6.45, 7) is 7.63. The molecule has 33 heavy (non-hydrogen) atoms. The van der Waals surface area contributed by atoms with Crippen molar-refractivity contribution < 1.29 is 4.74 Å². The number of benzene rings is 2. The summed E-state index contributed by atoms with van der Waals surface area (Å²) in [7, 11) is 0. The number of nitrogens with one attached hydrogen (secondary N) is 2. The second-order valence-electron chi connectivity index (χ2n) is 8.16. The fraction of sp³-hybridized carbons (Fsp3) is 0.231. The first-order chi connectivity index (χ1) is 16.2. The maximum atomic E-state index is 6.05. The molecule has 4 aromatic rings. The Hall–Kier alpha value is -3.13. The molecule has 1 unspecified atom stereocenters. The molecule has 2 N–H and O–H groups in total. The number of H-pyrrole nitrogens is 1. The van der Waals surface area contributed by atoms with Crippen LogP contribution in [0.3, 0.4) is 0 Å². The maximum Gasteiger partial charge on any atom is 0.109 e. The fourth-order valence-electron chi connectivity index (χ4n) is 4.13. The summed E-state index contributed by atoms with van der Waals surface area (Å²) in [5.74, 6) is 0. The van der Waals surface area contributed by atoms with Crippen molar-refractivity contribution in [2.75, 3.05) is 31.3 Å². The van der Waals surface area contributed by atoms with Gasteiger partial charge in [-0.25, -0.2) is 0 Å². The van der Waals surface area contributed by atoms with Gasteiger partial charge in [-0.1, -0.05) is 18.7 Å². The molecule has 7 heteroatoms. The van der Waals surface area contributed by atoms with Crippen LogP contribution in [0.25, 0.3) is 22.2 Å². The van der Waals surface area contributed by atoms with Gasteiger partial charge >= 0.3 is 0 Å². The Morgan fingerprint density at radius 3 is 2.79 bits per heavy atom. The van der Waals surface area contributed by atoms with E-state index in [1.54, 1.807) is 24.2 Å². The van der Waals surface area contributed by atoms with Crippen LogP contribution >= 0.6 is 11.8 Å². The quantitative estimate of drug-likeness (QED) is 0.373. The minimum absolute atomic E-state index is 0.0658. The Bertz CT molecular complexity index is 1240. The fourth-order valence-corrected chi connectivity index (χ4v) is 4.54. The number of morpholine rings is 1. The van der Waals surface area contributed by atoms with Gasteiger partial charge in [-0.2, -0.15) is 5.10 Å². The van der Waals surface area contributed by atoms with Crippen molar-refractivity contribution in [1.82, 2.24) is 20.1 Å². The lowest BCUT2D eigenvalue weighted by molar-refractivity contribution is -0.0114. The molecular formula is C26H27N5OS. The number of aromatic amines is 1. The molecule has 2 aromatic heterocycles. The van der Waals surface area contributed by atoms with Crippen molar-refractivity contribution in [3.8, 4) is 11.3 Å². The Balaban J connectivity index is 1.26. The van der Waals surface area contributed by atoms with Crippen LogP contribution in [0.15, 0.2) is 84.2 Å². The van der Waals surface area contributed by atoms with E-state index in [4.69, 9.17) is 4.74 Å². The Morgan fingerprint density at radius 1 is 1.18 bits per heavy atom. The number of thioether (sulfide) groups is 1. The summed E-state index contributed by atoms with van der Waals surface area (Å²) < 4.78 is 6.05. The van der Waals surface area contributed by atoms with Gasteiger partial charge in [0.25, 0.3) is 0 Å². The van der Waals surface area contributed by atoms with Crippen molar-refractivity contribution in [3.63, 3.8) is 0 Å². The smallest absolute Gasteiger partial charge is 0.109 e. The molecule has 2 aromatic carbocycles. The molecule has 6 nitrogen and oxygen atoms in total. The molecule has 0 aliphatic carbocycles. The van der Waals surface area contributed by atoms with E-state index in [0.29, 0.717) is 6.61 Å². The summed E-state index contributed by atoms with van der Waals surface area (Å²) in [6.07, 6.45) is 5.60. The standard InChI is InChI=1S/C26H27N5OS/c1-18(25-17-31(13-14-32-25)16-19-3-6-22(33-2)7-4-19)28-21-5-8-24-23(15-21)26(30-29-24)20-9-11-27-12-10-20/h3-12,15,25,28H,1,13-14,16-17H2,2H3,(H,29,30). The second kappa shape index (κ2) is 9.79. The van der Waals surface area contributed by atoms with Crippen LogP contribution in [0.5, 0.6) is 0 Å². The van der Waals surface area contributed by atoms with E-state index in [9.17, 15) is 0 Å². The van der Waals surface area contributed by atoms with Crippen molar-refractivity contribution in [2.45, 2.75) is 17.5 Å². The molecule has 168 valence electrons. The third-order valence-corrected chi connectivity index (χ3v) is 6.67. The number of ether oxygens (including phenoxy) is 1. The zero-order valence-electron chi connectivity index (χ0n) is 18.6. The summed E-state index contributed by atoms with van der Waals surface area (Å²) in [4.78, 5) is 7.82. The predicted molar refractivity (Wildman–Crippen MR) is 135 cm³/mol. The Labute approximate surface area is 198 Å². The molecule has 0 amide bonds. The van der Waals surface area contributed by atoms with Crippen molar-refractivity contribution in [3.05, 3.63) is 84.8 Å². The lowest BCUT2D eigenvalue weighted by Gasteiger charge is -2.34. The lowest BCUT2D eigenvalue weighted by Crippen LogP contribution is -2.43. The highest BCUT2D eigenvalue weighted by atomic mass is 32.2.